The monoisotopic (exact) mass is 353 g/mol. The molecule has 0 aromatic carbocycles. The molecule has 144 valence electrons. The summed E-state index contributed by atoms with van der Waals surface area (Å²) >= 11 is 0. The number of carbonyl (C=O) groups excluding carboxylic acids is 3. The van der Waals surface area contributed by atoms with Crippen molar-refractivity contribution in [2.45, 2.75) is 65.8 Å². The van der Waals surface area contributed by atoms with Crippen molar-refractivity contribution in [2.75, 3.05) is 27.2 Å². The van der Waals surface area contributed by atoms with E-state index in [-0.39, 0.29) is 17.4 Å². The predicted octanol–water partition coefficient (Wildman–Crippen LogP) is 2.03. The number of hydrogen-bond donors (Lipinski definition) is 1. The molecule has 1 N–H and O–H groups in total. The zero-order valence-electron chi connectivity index (χ0n) is 16.9. The van der Waals surface area contributed by atoms with E-state index < -0.39 is 10.8 Å². The lowest BCUT2D eigenvalue weighted by atomic mass is 9.63. The molecular weight excluding hydrogens is 318 g/mol. The van der Waals surface area contributed by atoms with Crippen molar-refractivity contribution in [3.8, 4) is 0 Å². The van der Waals surface area contributed by atoms with Gasteiger partial charge in [-0.2, -0.15) is 0 Å². The fraction of sp³-hybridized carbons (Fsp3) is 0.842. The molecule has 0 saturated carbocycles. The number of nitrogens with one attached hydrogen (secondary N) is 1. The summed E-state index contributed by atoms with van der Waals surface area (Å²) in [6.45, 7) is 11.7. The average Bonchev–Trinajstić information content (AvgIpc) is 2.75. The number of rotatable bonds is 3. The van der Waals surface area contributed by atoms with Crippen LogP contribution in [-0.2, 0) is 14.4 Å². The van der Waals surface area contributed by atoms with E-state index >= 15 is 0 Å². The van der Waals surface area contributed by atoms with E-state index in [1.807, 2.05) is 37.6 Å². The largest absolute Gasteiger partial charge is 0.362 e. The Bertz CT molecular complexity index is 510. The Balaban J connectivity index is 0.000000705. The molecule has 2 aliphatic heterocycles. The van der Waals surface area contributed by atoms with Crippen LogP contribution < -0.4 is 5.32 Å². The standard InChI is InChI=1S/C17H30N2O2.C2H5NO/c1-15(2)12-17(5,14(21)18(15)6)16(3,4)13(20)19-10-8-7-9-11-19;1-3-2-4/h7-12H2,1-6H3;2H,1H3,(H,3,4). The molecule has 0 spiro atoms. The lowest BCUT2D eigenvalue weighted by Gasteiger charge is -2.42. The van der Waals surface area contributed by atoms with Gasteiger partial charge in [-0.05, 0) is 60.3 Å². The van der Waals surface area contributed by atoms with Gasteiger partial charge in [0.05, 0.1) is 10.8 Å². The summed E-state index contributed by atoms with van der Waals surface area (Å²) in [4.78, 5) is 38.7. The Morgan fingerprint density at radius 3 is 2.00 bits per heavy atom. The van der Waals surface area contributed by atoms with Crippen molar-refractivity contribution in [1.82, 2.24) is 15.1 Å². The van der Waals surface area contributed by atoms with Gasteiger partial charge in [-0.25, -0.2) is 0 Å². The highest BCUT2D eigenvalue weighted by molar-refractivity contribution is 5.94. The fourth-order valence-corrected chi connectivity index (χ4v) is 3.92. The quantitative estimate of drug-likeness (QED) is 0.789. The molecule has 1 atom stereocenters. The molecular formula is C19H35N3O3. The summed E-state index contributed by atoms with van der Waals surface area (Å²) in [5, 5.41) is 2.25. The number of piperidine rings is 1. The van der Waals surface area contributed by atoms with Crippen LogP contribution >= 0.6 is 0 Å². The molecule has 0 bridgehead atoms. The van der Waals surface area contributed by atoms with Crippen molar-refractivity contribution in [1.29, 1.82) is 0 Å². The molecule has 2 rings (SSSR count). The molecule has 2 aliphatic rings. The van der Waals surface area contributed by atoms with Gasteiger partial charge in [-0.3, -0.25) is 14.4 Å². The Morgan fingerprint density at radius 2 is 1.64 bits per heavy atom. The van der Waals surface area contributed by atoms with Gasteiger partial charge in [0.1, 0.15) is 0 Å². The van der Waals surface area contributed by atoms with E-state index in [1.165, 1.54) is 6.42 Å². The van der Waals surface area contributed by atoms with Gasteiger partial charge < -0.3 is 15.1 Å². The summed E-state index contributed by atoms with van der Waals surface area (Å²) in [5.41, 5.74) is -1.48. The minimum atomic E-state index is -0.663. The third-order valence-corrected chi connectivity index (χ3v) is 6.15. The molecule has 0 radical (unpaired) electrons. The van der Waals surface area contributed by atoms with Crippen LogP contribution in [0.25, 0.3) is 0 Å². The Morgan fingerprint density at radius 1 is 1.16 bits per heavy atom. The Hall–Kier alpha value is -1.59. The maximum Gasteiger partial charge on any atom is 0.229 e. The van der Waals surface area contributed by atoms with Crippen molar-refractivity contribution < 1.29 is 14.4 Å². The molecule has 25 heavy (non-hydrogen) atoms. The second-order valence-corrected chi connectivity index (χ2v) is 8.57. The van der Waals surface area contributed by atoms with E-state index in [9.17, 15) is 9.59 Å². The maximum atomic E-state index is 13.0. The van der Waals surface area contributed by atoms with Crippen molar-refractivity contribution in [3.63, 3.8) is 0 Å². The van der Waals surface area contributed by atoms with Gasteiger partial charge in [-0.15, -0.1) is 0 Å². The molecule has 0 aromatic rings. The van der Waals surface area contributed by atoms with Gasteiger partial charge in [0.15, 0.2) is 0 Å². The van der Waals surface area contributed by atoms with Gasteiger partial charge >= 0.3 is 0 Å². The smallest absolute Gasteiger partial charge is 0.229 e. The molecule has 6 nitrogen and oxygen atoms in total. The van der Waals surface area contributed by atoms with E-state index in [4.69, 9.17) is 4.79 Å². The van der Waals surface area contributed by atoms with Crippen molar-refractivity contribution >= 4 is 18.2 Å². The van der Waals surface area contributed by atoms with E-state index in [2.05, 4.69) is 19.2 Å². The molecule has 2 fully saturated rings. The van der Waals surface area contributed by atoms with Crippen LogP contribution in [0.3, 0.4) is 0 Å². The Labute approximate surface area is 152 Å². The third kappa shape index (κ3) is 3.98. The summed E-state index contributed by atoms with van der Waals surface area (Å²) in [6, 6.07) is 0. The lowest BCUT2D eigenvalue weighted by Crippen LogP contribution is -2.53. The third-order valence-electron chi connectivity index (χ3n) is 6.15. The van der Waals surface area contributed by atoms with E-state index in [1.54, 1.807) is 7.05 Å². The first kappa shape index (κ1) is 21.5. The number of nitrogens with zero attached hydrogens (tertiary/aromatic N) is 2. The fourth-order valence-electron chi connectivity index (χ4n) is 3.92. The Kier molecular flexibility index (Phi) is 6.65. The van der Waals surface area contributed by atoms with Crippen LogP contribution in [0, 0.1) is 10.8 Å². The van der Waals surface area contributed by atoms with Gasteiger partial charge in [0.2, 0.25) is 18.2 Å². The predicted molar refractivity (Wildman–Crippen MR) is 98.9 cm³/mol. The highest BCUT2D eigenvalue weighted by Crippen LogP contribution is 2.53. The average molecular weight is 354 g/mol. The summed E-state index contributed by atoms with van der Waals surface area (Å²) < 4.78 is 0. The molecule has 0 aromatic heterocycles. The van der Waals surface area contributed by atoms with Crippen LogP contribution in [0.15, 0.2) is 0 Å². The normalized spacial score (nSPS) is 26.0. The van der Waals surface area contributed by atoms with Gasteiger partial charge in [-0.1, -0.05) is 0 Å². The topological polar surface area (TPSA) is 69.7 Å². The zero-order chi connectivity index (χ0) is 19.5. The van der Waals surface area contributed by atoms with Gasteiger partial charge in [0.25, 0.3) is 0 Å². The minimum absolute atomic E-state index is 0.0999. The first-order chi connectivity index (χ1) is 11.5. The first-order valence-corrected chi connectivity index (χ1v) is 9.14. The van der Waals surface area contributed by atoms with E-state index in [0.29, 0.717) is 6.41 Å². The highest BCUT2D eigenvalue weighted by atomic mass is 16.2. The molecule has 0 aliphatic carbocycles. The zero-order valence-corrected chi connectivity index (χ0v) is 16.9. The SMILES string of the molecule is CN1C(=O)C(C)(C(C)(C)C(=O)N2CCCCC2)CC1(C)C.CNC=O. The van der Waals surface area contributed by atoms with Gasteiger partial charge in [0, 0.05) is 32.7 Å². The molecule has 1 unspecified atom stereocenters. The number of likely N-dealkylation sites (tertiary alicyclic amines) is 2. The van der Waals surface area contributed by atoms with Crippen molar-refractivity contribution in [3.05, 3.63) is 0 Å². The highest BCUT2D eigenvalue weighted by Gasteiger charge is 2.61. The van der Waals surface area contributed by atoms with Crippen LogP contribution in [0.4, 0.5) is 0 Å². The summed E-state index contributed by atoms with van der Waals surface area (Å²) in [7, 11) is 3.42. The van der Waals surface area contributed by atoms with Crippen LogP contribution in [0.1, 0.15) is 60.3 Å². The second-order valence-electron chi connectivity index (χ2n) is 8.57. The van der Waals surface area contributed by atoms with Crippen LogP contribution in [0.2, 0.25) is 0 Å². The second kappa shape index (κ2) is 7.75. The lowest BCUT2D eigenvalue weighted by molar-refractivity contribution is -0.156. The summed E-state index contributed by atoms with van der Waals surface area (Å²) in [6.07, 6.45) is 4.72. The molecule has 6 heteroatoms. The van der Waals surface area contributed by atoms with Crippen LogP contribution in [-0.4, -0.2) is 60.7 Å². The van der Waals surface area contributed by atoms with Crippen LogP contribution in [0.5, 0.6) is 0 Å². The number of amides is 3. The number of carbonyl (C=O) groups is 3. The summed E-state index contributed by atoms with van der Waals surface area (Å²) in [5.74, 6) is 0.243. The maximum absolute atomic E-state index is 13.0. The number of hydrogen-bond acceptors (Lipinski definition) is 3. The first-order valence-electron chi connectivity index (χ1n) is 9.14. The van der Waals surface area contributed by atoms with E-state index in [0.717, 1.165) is 32.4 Å². The molecule has 2 saturated heterocycles. The van der Waals surface area contributed by atoms with Crippen molar-refractivity contribution in [2.24, 2.45) is 10.8 Å². The minimum Gasteiger partial charge on any atom is -0.362 e. The molecule has 3 amide bonds. The molecule has 2 heterocycles.